The molecule has 3 N–H and O–H groups in total. The topological polar surface area (TPSA) is 107 Å². The Bertz CT molecular complexity index is 980. The fourth-order valence-corrected chi connectivity index (χ4v) is 2.26. The molecule has 0 atom stereocenters. The fourth-order valence-electron chi connectivity index (χ4n) is 2.26. The van der Waals surface area contributed by atoms with E-state index < -0.39 is 11.7 Å². The number of primary amides is 1. The number of benzene rings is 1. The Morgan fingerprint density at radius 3 is 2.56 bits per heavy atom. The van der Waals surface area contributed by atoms with Crippen molar-refractivity contribution in [1.82, 2.24) is 9.97 Å². The number of anilines is 1. The SMILES string of the molecule is NC(=O)c1cncc(OCc2cc(NC(=O)c3ccncc3)ccc2F)c1. The number of rotatable bonds is 6. The second-order valence-corrected chi connectivity index (χ2v) is 5.56. The van der Waals surface area contributed by atoms with Crippen LogP contribution in [0.1, 0.15) is 26.3 Å². The van der Waals surface area contributed by atoms with Crippen molar-refractivity contribution in [3.63, 3.8) is 0 Å². The standard InChI is InChI=1S/C19H15FN4O3/c20-17-2-1-15(24-19(26)12-3-5-22-6-4-12)7-14(17)11-27-16-8-13(18(21)25)9-23-10-16/h1-10H,11H2,(H2,21,25)(H,24,26). The van der Waals surface area contributed by atoms with Gasteiger partial charge in [0.15, 0.2) is 0 Å². The molecule has 0 spiro atoms. The number of halogens is 1. The number of nitrogens with zero attached hydrogens (tertiary/aromatic N) is 2. The second kappa shape index (κ2) is 8.05. The first-order valence-corrected chi connectivity index (χ1v) is 7.90. The lowest BCUT2D eigenvalue weighted by atomic mass is 10.2. The molecule has 136 valence electrons. The number of nitrogens with two attached hydrogens (primary N) is 1. The summed E-state index contributed by atoms with van der Waals surface area (Å²) in [6.07, 6.45) is 5.71. The van der Waals surface area contributed by atoms with Crippen molar-refractivity contribution in [2.75, 3.05) is 5.32 Å². The largest absolute Gasteiger partial charge is 0.487 e. The molecule has 0 bridgehead atoms. The highest BCUT2D eigenvalue weighted by atomic mass is 19.1. The van der Waals surface area contributed by atoms with E-state index in [1.807, 2.05) is 0 Å². The third-order valence-corrected chi connectivity index (χ3v) is 3.64. The first-order valence-electron chi connectivity index (χ1n) is 7.90. The van der Waals surface area contributed by atoms with Crippen molar-refractivity contribution >= 4 is 17.5 Å². The zero-order chi connectivity index (χ0) is 19.2. The van der Waals surface area contributed by atoms with Crippen LogP contribution in [-0.4, -0.2) is 21.8 Å². The summed E-state index contributed by atoms with van der Waals surface area (Å²) in [5.74, 6) is -1.19. The van der Waals surface area contributed by atoms with E-state index in [1.54, 1.807) is 12.1 Å². The van der Waals surface area contributed by atoms with E-state index in [9.17, 15) is 14.0 Å². The molecular formula is C19H15FN4O3. The Morgan fingerprint density at radius 1 is 1.04 bits per heavy atom. The summed E-state index contributed by atoms with van der Waals surface area (Å²) < 4.78 is 19.5. The fraction of sp³-hybridized carbons (Fsp3) is 0.0526. The Hall–Kier alpha value is -3.81. The van der Waals surface area contributed by atoms with Crippen LogP contribution in [-0.2, 0) is 6.61 Å². The molecule has 27 heavy (non-hydrogen) atoms. The molecule has 3 rings (SSSR count). The van der Waals surface area contributed by atoms with Gasteiger partial charge in [-0.25, -0.2) is 4.39 Å². The Balaban J connectivity index is 1.71. The van der Waals surface area contributed by atoms with Crippen molar-refractivity contribution in [3.05, 3.63) is 83.7 Å². The number of hydrogen-bond acceptors (Lipinski definition) is 5. The molecule has 8 heteroatoms. The summed E-state index contributed by atoms with van der Waals surface area (Å²) in [6, 6.07) is 8.72. The summed E-state index contributed by atoms with van der Waals surface area (Å²) in [6.45, 7) is -0.116. The molecule has 7 nitrogen and oxygen atoms in total. The van der Waals surface area contributed by atoms with Gasteiger partial charge in [-0.1, -0.05) is 0 Å². The van der Waals surface area contributed by atoms with Gasteiger partial charge in [0.25, 0.3) is 5.91 Å². The molecule has 1 aromatic carbocycles. The number of hydrogen-bond donors (Lipinski definition) is 2. The molecular weight excluding hydrogens is 351 g/mol. The maximum absolute atomic E-state index is 14.0. The first kappa shape index (κ1) is 18.0. The van der Waals surface area contributed by atoms with Crippen LogP contribution in [0.3, 0.4) is 0 Å². The van der Waals surface area contributed by atoms with Gasteiger partial charge < -0.3 is 15.8 Å². The minimum absolute atomic E-state index is 0.116. The van der Waals surface area contributed by atoms with Gasteiger partial charge in [-0.3, -0.25) is 19.6 Å². The van der Waals surface area contributed by atoms with Crippen molar-refractivity contribution in [2.24, 2.45) is 5.73 Å². The number of aromatic nitrogens is 2. The van der Waals surface area contributed by atoms with E-state index in [0.29, 0.717) is 11.3 Å². The molecule has 0 saturated carbocycles. The second-order valence-electron chi connectivity index (χ2n) is 5.56. The van der Waals surface area contributed by atoms with Gasteiger partial charge in [-0.15, -0.1) is 0 Å². The molecule has 2 heterocycles. The lowest BCUT2D eigenvalue weighted by Gasteiger charge is -2.10. The molecule has 0 radical (unpaired) electrons. The van der Waals surface area contributed by atoms with Gasteiger partial charge in [0.1, 0.15) is 18.2 Å². The minimum Gasteiger partial charge on any atom is -0.487 e. The van der Waals surface area contributed by atoms with E-state index in [-0.39, 0.29) is 29.4 Å². The van der Waals surface area contributed by atoms with Crippen molar-refractivity contribution in [2.45, 2.75) is 6.61 Å². The molecule has 0 unspecified atom stereocenters. The molecule has 2 aromatic heterocycles. The highest BCUT2D eigenvalue weighted by Gasteiger charge is 2.10. The number of pyridine rings is 2. The minimum atomic E-state index is -0.639. The van der Waals surface area contributed by atoms with Crippen LogP contribution in [0, 0.1) is 5.82 Å². The van der Waals surface area contributed by atoms with Gasteiger partial charge in [0.2, 0.25) is 5.91 Å². The van der Waals surface area contributed by atoms with Crippen LogP contribution >= 0.6 is 0 Å². The quantitative estimate of drug-likeness (QED) is 0.697. The van der Waals surface area contributed by atoms with Gasteiger partial charge in [-0.2, -0.15) is 0 Å². The molecule has 0 aliphatic rings. The Kier molecular flexibility index (Phi) is 5.36. The van der Waals surface area contributed by atoms with Gasteiger partial charge in [-0.05, 0) is 36.4 Å². The lowest BCUT2D eigenvalue weighted by Crippen LogP contribution is -2.12. The molecule has 3 aromatic rings. The number of carbonyl (C=O) groups excluding carboxylic acids is 2. The average molecular weight is 366 g/mol. The van der Waals surface area contributed by atoms with E-state index >= 15 is 0 Å². The predicted molar refractivity (Wildman–Crippen MR) is 95.7 cm³/mol. The predicted octanol–water partition coefficient (Wildman–Crippen LogP) is 2.55. The smallest absolute Gasteiger partial charge is 0.255 e. The number of amides is 2. The lowest BCUT2D eigenvalue weighted by molar-refractivity contribution is 0.0997. The molecule has 0 aliphatic carbocycles. The summed E-state index contributed by atoms with van der Waals surface area (Å²) in [4.78, 5) is 31.0. The Morgan fingerprint density at radius 2 is 1.81 bits per heavy atom. The summed E-state index contributed by atoms with van der Waals surface area (Å²) >= 11 is 0. The molecule has 0 aliphatic heterocycles. The highest BCUT2D eigenvalue weighted by Crippen LogP contribution is 2.19. The Labute approximate surface area is 154 Å². The zero-order valence-electron chi connectivity index (χ0n) is 14.1. The van der Waals surface area contributed by atoms with Crippen LogP contribution in [0.15, 0.2) is 61.2 Å². The van der Waals surface area contributed by atoms with Gasteiger partial charge in [0.05, 0.1) is 11.8 Å². The third kappa shape index (κ3) is 4.63. The molecule has 2 amide bonds. The van der Waals surface area contributed by atoms with Crippen LogP contribution in [0.5, 0.6) is 5.75 Å². The number of ether oxygens (including phenoxy) is 1. The summed E-state index contributed by atoms with van der Waals surface area (Å²) in [7, 11) is 0. The van der Waals surface area contributed by atoms with Gasteiger partial charge >= 0.3 is 0 Å². The van der Waals surface area contributed by atoms with Gasteiger partial charge in [0, 0.05) is 35.4 Å². The van der Waals surface area contributed by atoms with Crippen molar-refractivity contribution in [1.29, 1.82) is 0 Å². The molecule has 0 saturated heterocycles. The zero-order valence-corrected chi connectivity index (χ0v) is 14.1. The maximum atomic E-state index is 14.0. The van der Waals surface area contributed by atoms with Crippen LogP contribution in [0.2, 0.25) is 0 Å². The average Bonchev–Trinajstić information content (AvgIpc) is 2.69. The molecule has 0 fully saturated rings. The van der Waals surface area contributed by atoms with Crippen molar-refractivity contribution in [3.8, 4) is 5.75 Å². The maximum Gasteiger partial charge on any atom is 0.255 e. The van der Waals surface area contributed by atoms with Crippen molar-refractivity contribution < 1.29 is 18.7 Å². The third-order valence-electron chi connectivity index (χ3n) is 3.64. The van der Waals surface area contributed by atoms with E-state index in [4.69, 9.17) is 10.5 Å². The van der Waals surface area contributed by atoms with Crippen LogP contribution in [0.25, 0.3) is 0 Å². The normalized spacial score (nSPS) is 10.3. The van der Waals surface area contributed by atoms with E-state index in [1.165, 1.54) is 49.1 Å². The van der Waals surface area contributed by atoms with E-state index in [2.05, 4.69) is 15.3 Å². The number of nitrogens with one attached hydrogen (secondary N) is 1. The highest BCUT2D eigenvalue weighted by molar-refractivity contribution is 6.04. The monoisotopic (exact) mass is 366 g/mol. The van der Waals surface area contributed by atoms with E-state index in [0.717, 1.165) is 0 Å². The van der Waals surface area contributed by atoms with Crippen LogP contribution < -0.4 is 15.8 Å². The first-order chi connectivity index (χ1) is 13.0. The number of carbonyl (C=O) groups is 2. The summed E-state index contributed by atoms with van der Waals surface area (Å²) in [5.41, 5.74) is 6.45. The van der Waals surface area contributed by atoms with Crippen LogP contribution in [0.4, 0.5) is 10.1 Å². The summed E-state index contributed by atoms with van der Waals surface area (Å²) in [5, 5.41) is 2.69.